The van der Waals surface area contributed by atoms with E-state index >= 15 is 0 Å². The van der Waals surface area contributed by atoms with Crippen LogP contribution < -0.4 is 10.1 Å². The van der Waals surface area contributed by atoms with Crippen molar-refractivity contribution in [3.8, 4) is 5.75 Å². The fourth-order valence-electron chi connectivity index (χ4n) is 2.52. The molecule has 0 saturated carbocycles. The minimum absolute atomic E-state index is 0. The Hall–Kier alpha value is -1.47. The zero-order valence-electron chi connectivity index (χ0n) is 12.7. The highest BCUT2D eigenvalue weighted by Crippen LogP contribution is 2.27. The third kappa shape index (κ3) is 5.91. The first-order valence-electron chi connectivity index (χ1n) is 7.19. The first kappa shape index (κ1) is 19.6. The van der Waals surface area contributed by atoms with Crippen molar-refractivity contribution < 1.29 is 22.7 Å². The van der Waals surface area contributed by atoms with Crippen LogP contribution >= 0.6 is 12.4 Å². The minimum atomic E-state index is -4.75. The zero-order chi connectivity index (χ0) is 16.2. The summed E-state index contributed by atoms with van der Waals surface area (Å²) in [6.07, 6.45) is -1.98. The molecule has 1 N–H and O–H groups in total. The van der Waals surface area contributed by atoms with Gasteiger partial charge in [0.05, 0.1) is 6.04 Å². The summed E-state index contributed by atoms with van der Waals surface area (Å²) in [5, 5.41) is 3.14. The fourth-order valence-corrected chi connectivity index (χ4v) is 2.52. The number of para-hydroxylation sites is 1. The maximum absolute atomic E-state index is 12.4. The number of benzene rings is 1. The molecule has 1 unspecified atom stereocenters. The lowest BCUT2D eigenvalue weighted by atomic mass is 10.0. The number of alkyl halides is 3. The van der Waals surface area contributed by atoms with Crippen molar-refractivity contribution in [1.29, 1.82) is 0 Å². The highest BCUT2D eigenvalue weighted by Gasteiger charge is 2.32. The van der Waals surface area contributed by atoms with E-state index in [1.807, 2.05) is 0 Å². The van der Waals surface area contributed by atoms with Crippen molar-refractivity contribution in [2.75, 3.05) is 13.6 Å². The number of ether oxygens (including phenoxy) is 1. The number of carbonyl (C=O) groups is 1. The number of likely N-dealkylation sites (N-methyl/N-ethyl adjacent to an activating group) is 1. The Balaban J connectivity index is 0.00000264. The van der Waals surface area contributed by atoms with Crippen LogP contribution in [0, 0.1) is 0 Å². The van der Waals surface area contributed by atoms with Crippen LogP contribution in [-0.2, 0) is 11.3 Å². The molecule has 0 bridgehead atoms. The molecule has 2 rings (SSSR count). The number of nitrogens with zero attached hydrogens (tertiary/aromatic N) is 1. The Labute approximate surface area is 139 Å². The van der Waals surface area contributed by atoms with Crippen molar-refractivity contribution >= 4 is 18.3 Å². The molecule has 0 radical (unpaired) electrons. The highest BCUT2D eigenvalue weighted by molar-refractivity contribution is 5.85. The molecule has 1 saturated heterocycles. The van der Waals surface area contributed by atoms with Crippen LogP contribution in [0.4, 0.5) is 13.2 Å². The lowest BCUT2D eigenvalue weighted by molar-refractivity contribution is -0.275. The van der Waals surface area contributed by atoms with Crippen LogP contribution in [-0.4, -0.2) is 36.8 Å². The molecule has 0 aliphatic carbocycles. The second-order valence-corrected chi connectivity index (χ2v) is 5.35. The first-order chi connectivity index (χ1) is 10.4. The molecule has 0 spiro atoms. The summed E-state index contributed by atoms with van der Waals surface area (Å²) < 4.78 is 41.2. The lowest BCUT2D eigenvalue weighted by Crippen LogP contribution is -2.47. The van der Waals surface area contributed by atoms with Gasteiger partial charge in [0.1, 0.15) is 5.75 Å². The Bertz CT molecular complexity index is 520. The van der Waals surface area contributed by atoms with Crippen LogP contribution in [0.5, 0.6) is 5.75 Å². The topological polar surface area (TPSA) is 41.6 Å². The molecule has 1 atom stereocenters. The number of nitrogens with one attached hydrogen (secondary N) is 1. The molecule has 1 fully saturated rings. The van der Waals surface area contributed by atoms with Crippen LogP contribution in [0.25, 0.3) is 0 Å². The number of piperidine rings is 1. The molecule has 1 aromatic carbocycles. The van der Waals surface area contributed by atoms with E-state index in [1.165, 1.54) is 23.1 Å². The second kappa shape index (κ2) is 8.40. The third-order valence-electron chi connectivity index (χ3n) is 3.59. The van der Waals surface area contributed by atoms with E-state index in [-0.39, 0.29) is 36.7 Å². The second-order valence-electron chi connectivity index (χ2n) is 5.35. The molecule has 8 heteroatoms. The van der Waals surface area contributed by atoms with Gasteiger partial charge in [-0.2, -0.15) is 0 Å². The van der Waals surface area contributed by atoms with E-state index in [2.05, 4.69) is 10.1 Å². The van der Waals surface area contributed by atoms with Crippen molar-refractivity contribution in [2.24, 2.45) is 0 Å². The number of hydrogen-bond acceptors (Lipinski definition) is 3. The normalized spacial score (nSPS) is 18.0. The molecule has 1 aromatic rings. The average Bonchev–Trinajstić information content (AvgIpc) is 2.48. The van der Waals surface area contributed by atoms with E-state index in [4.69, 9.17) is 0 Å². The average molecular weight is 353 g/mol. The van der Waals surface area contributed by atoms with E-state index in [9.17, 15) is 18.0 Å². The van der Waals surface area contributed by atoms with Gasteiger partial charge in [0, 0.05) is 19.2 Å². The van der Waals surface area contributed by atoms with Gasteiger partial charge >= 0.3 is 6.36 Å². The monoisotopic (exact) mass is 352 g/mol. The summed E-state index contributed by atoms with van der Waals surface area (Å²) in [6.45, 7) is 0.862. The number of halogens is 4. The third-order valence-corrected chi connectivity index (χ3v) is 3.59. The van der Waals surface area contributed by atoms with Gasteiger partial charge in [-0.25, -0.2) is 0 Å². The van der Waals surface area contributed by atoms with Crippen molar-refractivity contribution in [2.45, 2.75) is 38.2 Å². The summed E-state index contributed by atoms with van der Waals surface area (Å²) in [6, 6.07) is 5.61. The molecular formula is C15H20ClF3N2O2. The Morgan fingerprint density at radius 1 is 1.35 bits per heavy atom. The zero-order valence-corrected chi connectivity index (χ0v) is 13.5. The molecule has 1 aliphatic rings. The van der Waals surface area contributed by atoms with Gasteiger partial charge in [-0.05, 0) is 25.5 Å². The summed E-state index contributed by atoms with van der Waals surface area (Å²) in [7, 11) is 1.59. The SMILES string of the molecule is CN(Cc1ccccc1OC(F)(F)F)C(=O)C1CCCCN1.Cl. The maximum atomic E-state index is 12.4. The smallest absolute Gasteiger partial charge is 0.405 e. The predicted octanol–water partition coefficient (Wildman–Crippen LogP) is 3.11. The molecule has 0 aromatic heterocycles. The van der Waals surface area contributed by atoms with Gasteiger partial charge in [0.25, 0.3) is 0 Å². The fraction of sp³-hybridized carbons (Fsp3) is 0.533. The van der Waals surface area contributed by atoms with Gasteiger partial charge in [-0.15, -0.1) is 25.6 Å². The lowest BCUT2D eigenvalue weighted by Gasteiger charge is -2.28. The van der Waals surface area contributed by atoms with Gasteiger partial charge in [0.2, 0.25) is 5.91 Å². The quantitative estimate of drug-likeness (QED) is 0.905. The molecule has 23 heavy (non-hydrogen) atoms. The number of rotatable bonds is 4. The Morgan fingerprint density at radius 3 is 2.65 bits per heavy atom. The van der Waals surface area contributed by atoms with E-state index in [0.29, 0.717) is 5.56 Å². The molecular weight excluding hydrogens is 333 g/mol. The molecule has 1 amide bonds. The van der Waals surface area contributed by atoms with Crippen LogP contribution in [0.2, 0.25) is 0 Å². The van der Waals surface area contributed by atoms with E-state index in [0.717, 1.165) is 25.8 Å². The van der Waals surface area contributed by atoms with Gasteiger partial charge in [-0.1, -0.05) is 24.6 Å². The summed E-state index contributed by atoms with van der Waals surface area (Å²) in [4.78, 5) is 13.7. The van der Waals surface area contributed by atoms with Gasteiger partial charge in [0.15, 0.2) is 0 Å². The summed E-state index contributed by atoms with van der Waals surface area (Å²) >= 11 is 0. The maximum Gasteiger partial charge on any atom is 0.573 e. The van der Waals surface area contributed by atoms with Gasteiger partial charge in [-0.3, -0.25) is 4.79 Å². The number of carbonyl (C=O) groups excluding carboxylic acids is 1. The van der Waals surface area contributed by atoms with E-state index < -0.39 is 6.36 Å². The highest BCUT2D eigenvalue weighted by atomic mass is 35.5. The molecule has 1 heterocycles. The minimum Gasteiger partial charge on any atom is -0.405 e. The Morgan fingerprint density at radius 2 is 2.04 bits per heavy atom. The van der Waals surface area contributed by atoms with Gasteiger partial charge < -0.3 is 15.0 Å². The number of hydrogen-bond donors (Lipinski definition) is 1. The van der Waals surface area contributed by atoms with Crippen LogP contribution in [0.1, 0.15) is 24.8 Å². The van der Waals surface area contributed by atoms with Crippen molar-refractivity contribution in [1.82, 2.24) is 10.2 Å². The summed E-state index contributed by atoms with van der Waals surface area (Å²) in [5.74, 6) is -0.382. The standard InChI is InChI=1S/C15H19F3N2O2.ClH/c1-20(14(21)12-7-4-5-9-19-12)10-11-6-2-3-8-13(11)22-15(16,17)18;/h2-3,6,8,12,19H,4-5,7,9-10H2,1H3;1H. The van der Waals surface area contributed by atoms with Crippen LogP contribution in [0.3, 0.4) is 0 Å². The first-order valence-corrected chi connectivity index (χ1v) is 7.19. The van der Waals surface area contributed by atoms with E-state index in [1.54, 1.807) is 13.1 Å². The Kier molecular flexibility index (Phi) is 7.15. The largest absolute Gasteiger partial charge is 0.573 e. The molecule has 4 nitrogen and oxygen atoms in total. The number of amides is 1. The molecule has 1 aliphatic heterocycles. The predicted molar refractivity (Wildman–Crippen MR) is 82.5 cm³/mol. The van der Waals surface area contributed by atoms with Crippen molar-refractivity contribution in [3.63, 3.8) is 0 Å². The van der Waals surface area contributed by atoms with Crippen LogP contribution in [0.15, 0.2) is 24.3 Å². The summed E-state index contributed by atoms with van der Waals surface area (Å²) in [5.41, 5.74) is 0.325. The molecule has 130 valence electrons. The van der Waals surface area contributed by atoms with Crippen molar-refractivity contribution in [3.05, 3.63) is 29.8 Å².